The van der Waals surface area contributed by atoms with Crippen molar-refractivity contribution < 1.29 is 4.74 Å². The minimum Gasteiger partial charge on any atom is -0.379 e. The summed E-state index contributed by atoms with van der Waals surface area (Å²) in [5.74, 6) is 0.503. The number of aromatic nitrogens is 2. The van der Waals surface area contributed by atoms with E-state index >= 15 is 0 Å². The number of nitrogens with two attached hydrogens (primary N) is 1. The van der Waals surface area contributed by atoms with E-state index in [1.807, 2.05) is 16.7 Å². The van der Waals surface area contributed by atoms with Crippen LogP contribution in [0, 0.1) is 11.3 Å². The van der Waals surface area contributed by atoms with Crippen molar-refractivity contribution in [2.75, 3.05) is 38.6 Å². The van der Waals surface area contributed by atoms with Gasteiger partial charge in [-0.15, -0.1) is 0 Å². The van der Waals surface area contributed by atoms with E-state index in [-0.39, 0.29) is 0 Å². The molecular formula is C14H17N5O. The van der Waals surface area contributed by atoms with Gasteiger partial charge in [0.25, 0.3) is 0 Å². The maximum Gasteiger partial charge on any atom is 0.201 e. The van der Waals surface area contributed by atoms with Crippen molar-refractivity contribution in [1.82, 2.24) is 14.5 Å². The molecule has 1 aliphatic heterocycles. The summed E-state index contributed by atoms with van der Waals surface area (Å²) < 4.78 is 7.32. The fourth-order valence-electron chi connectivity index (χ4n) is 2.51. The van der Waals surface area contributed by atoms with Crippen LogP contribution in [0.2, 0.25) is 0 Å². The van der Waals surface area contributed by atoms with Crippen molar-refractivity contribution in [1.29, 1.82) is 5.26 Å². The van der Waals surface area contributed by atoms with Crippen LogP contribution >= 0.6 is 0 Å². The van der Waals surface area contributed by atoms with Gasteiger partial charge in [0, 0.05) is 26.2 Å². The molecule has 0 amide bonds. The van der Waals surface area contributed by atoms with Crippen LogP contribution in [0.25, 0.3) is 11.0 Å². The second kappa shape index (κ2) is 5.49. The van der Waals surface area contributed by atoms with Gasteiger partial charge in [-0.25, -0.2) is 4.98 Å². The van der Waals surface area contributed by atoms with Crippen molar-refractivity contribution in [3.05, 3.63) is 23.8 Å². The number of morpholine rings is 1. The second-order valence-electron chi connectivity index (χ2n) is 4.89. The van der Waals surface area contributed by atoms with Crippen LogP contribution in [0.3, 0.4) is 0 Å². The topological polar surface area (TPSA) is 80.1 Å². The van der Waals surface area contributed by atoms with Gasteiger partial charge in [0.15, 0.2) is 0 Å². The van der Waals surface area contributed by atoms with E-state index in [0.29, 0.717) is 11.5 Å². The van der Waals surface area contributed by atoms with Gasteiger partial charge in [-0.05, 0) is 18.2 Å². The number of hydrogen-bond donors (Lipinski definition) is 1. The van der Waals surface area contributed by atoms with E-state index in [1.54, 1.807) is 6.07 Å². The average molecular weight is 271 g/mol. The number of anilines is 1. The Hall–Kier alpha value is -2.10. The zero-order valence-electron chi connectivity index (χ0n) is 11.2. The molecule has 0 radical (unpaired) electrons. The number of ether oxygens (including phenoxy) is 1. The molecular weight excluding hydrogens is 254 g/mol. The normalized spacial score (nSPS) is 16.4. The first-order valence-electron chi connectivity index (χ1n) is 6.74. The van der Waals surface area contributed by atoms with E-state index in [9.17, 15) is 0 Å². The smallest absolute Gasteiger partial charge is 0.201 e. The molecule has 20 heavy (non-hydrogen) atoms. The largest absolute Gasteiger partial charge is 0.379 e. The van der Waals surface area contributed by atoms with Gasteiger partial charge in [-0.2, -0.15) is 5.26 Å². The fraction of sp³-hybridized carbons (Fsp3) is 0.429. The first kappa shape index (κ1) is 12.9. The van der Waals surface area contributed by atoms with Gasteiger partial charge in [-0.1, -0.05) is 0 Å². The lowest BCUT2D eigenvalue weighted by Crippen LogP contribution is -2.38. The van der Waals surface area contributed by atoms with Crippen LogP contribution < -0.4 is 5.73 Å². The number of nitrogen functional groups attached to an aromatic ring is 1. The van der Waals surface area contributed by atoms with Crippen molar-refractivity contribution >= 4 is 17.0 Å². The SMILES string of the molecule is N#Cc1ccc2nc(N)n(CCN3CCOCC3)c2c1. The molecule has 0 aliphatic carbocycles. The quantitative estimate of drug-likeness (QED) is 0.894. The Balaban J connectivity index is 1.82. The molecule has 6 nitrogen and oxygen atoms in total. The molecule has 6 heteroatoms. The molecule has 1 aromatic carbocycles. The predicted octanol–water partition coefficient (Wildman–Crippen LogP) is 0.822. The van der Waals surface area contributed by atoms with Crippen LogP contribution in [0.1, 0.15) is 5.56 Å². The summed E-state index contributed by atoms with van der Waals surface area (Å²) in [6, 6.07) is 7.61. The second-order valence-corrected chi connectivity index (χ2v) is 4.89. The summed E-state index contributed by atoms with van der Waals surface area (Å²) in [7, 11) is 0. The van der Waals surface area contributed by atoms with Crippen LogP contribution in [0.5, 0.6) is 0 Å². The number of fused-ring (bicyclic) bond motifs is 1. The summed E-state index contributed by atoms with van der Waals surface area (Å²) in [4.78, 5) is 6.69. The van der Waals surface area contributed by atoms with Gasteiger partial charge in [0.05, 0.1) is 35.9 Å². The lowest BCUT2D eigenvalue weighted by Gasteiger charge is -2.26. The summed E-state index contributed by atoms with van der Waals surface area (Å²) >= 11 is 0. The third-order valence-electron chi connectivity index (χ3n) is 3.65. The molecule has 1 aromatic heterocycles. The first-order valence-corrected chi connectivity index (χ1v) is 6.74. The molecule has 1 aliphatic rings. The number of nitriles is 1. The molecule has 0 bridgehead atoms. The van der Waals surface area contributed by atoms with E-state index < -0.39 is 0 Å². The fourth-order valence-corrected chi connectivity index (χ4v) is 2.51. The Labute approximate surface area is 117 Å². The summed E-state index contributed by atoms with van der Waals surface area (Å²) in [6.45, 7) is 5.18. The summed E-state index contributed by atoms with van der Waals surface area (Å²) in [5, 5.41) is 9.00. The van der Waals surface area contributed by atoms with Crippen molar-refractivity contribution in [3.63, 3.8) is 0 Å². The molecule has 104 valence electrons. The van der Waals surface area contributed by atoms with Crippen molar-refractivity contribution in [2.24, 2.45) is 0 Å². The van der Waals surface area contributed by atoms with Gasteiger partial charge in [-0.3, -0.25) is 4.90 Å². The molecule has 0 unspecified atom stereocenters. The zero-order chi connectivity index (χ0) is 13.9. The van der Waals surface area contributed by atoms with Gasteiger partial charge in [0.1, 0.15) is 0 Å². The first-order chi connectivity index (χ1) is 9.78. The Morgan fingerprint density at radius 1 is 1.30 bits per heavy atom. The monoisotopic (exact) mass is 271 g/mol. The number of benzene rings is 1. The molecule has 2 N–H and O–H groups in total. The maximum absolute atomic E-state index is 9.00. The van der Waals surface area contributed by atoms with Crippen LogP contribution in [-0.4, -0.2) is 47.3 Å². The number of hydrogen-bond acceptors (Lipinski definition) is 5. The minimum absolute atomic E-state index is 0.503. The van der Waals surface area contributed by atoms with Gasteiger partial charge in [0.2, 0.25) is 5.95 Å². The third-order valence-corrected chi connectivity index (χ3v) is 3.65. The summed E-state index contributed by atoms with van der Waals surface area (Å²) in [5.41, 5.74) is 8.38. The lowest BCUT2D eigenvalue weighted by molar-refractivity contribution is 0.0366. The zero-order valence-corrected chi connectivity index (χ0v) is 11.2. The standard InChI is InChI=1S/C14H17N5O/c15-10-11-1-2-12-13(9-11)19(14(16)17-12)4-3-18-5-7-20-8-6-18/h1-2,9H,3-8H2,(H2,16,17). The molecule has 3 rings (SSSR count). The molecule has 0 atom stereocenters. The van der Waals surface area contributed by atoms with E-state index in [4.69, 9.17) is 15.7 Å². The molecule has 0 spiro atoms. The van der Waals surface area contributed by atoms with Crippen LogP contribution in [0.15, 0.2) is 18.2 Å². The molecule has 2 heterocycles. The predicted molar refractivity (Wildman–Crippen MR) is 76.1 cm³/mol. The molecule has 1 fully saturated rings. The van der Waals surface area contributed by atoms with Gasteiger partial charge >= 0.3 is 0 Å². The number of nitrogens with zero attached hydrogens (tertiary/aromatic N) is 4. The van der Waals surface area contributed by atoms with Crippen molar-refractivity contribution in [3.8, 4) is 6.07 Å². The van der Waals surface area contributed by atoms with E-state index in [1.165, 1.54) is 0 Å². The molecule has 1 saturated heterocycles. The lowest BCUT2D eigenvalue weighted by atomic mass is 10.2. The van der Waals surface area contributed by atoms with E-state index in [2.05, 4.69) is 16.0 Å². The highest BCUT2D eigenvalue weighted by Crippen LogP contribution is 2.19. The molecule has 2 aromatic rings. The Morgan fingerprint density at radius 3 is 2.85 bits per heavy atom. The van der Waals surface area contributed by atoms with Crippen LogP contribution in [0.4, 0.5) is 5.95 Å². The number of rotatable bonds is 3. The molecule has 0 saturated carbocycles. The Bertz CT molecular complexity index is 651. The highest BCUT2D eigenvalue weighted by Gasteiger charge is 2.13. The highest BCUT2D eigenvalue weighted by atomic mass is 16.5. The number of imidazole rings is 1. The Morgan fingerprint density at radius 2 is 2.10 bits per heavy atom. The minimum atomic E-state index is 0.503. The van der Waals surface area contributed by atoms with Gasteiger partial charge < -0.3 is 15.0 Å². The Kier molecular flexibility index (Phi) is 3.54. The third kappa shape index (κ3) is 2.46. The van der Waals surface area contributed by atoms with E-state index in [0.717, 1.165) is 50.4 Å². The van der Waals surface area contributed by atoms with Crippen LogP contribution in [-0.2, 0) is 11.3 Å². The highest BCUT2D eigenvalue weighted by molar-refractivity contribution is 5.79. The average Bonchev–Trinajstić information content (AvgIpc) is 2.80. The summed E-state index contributed by atoms with van der Waals surface area (Å²) in [6.07, 6.45) is 0. The van der Waals surface area contributed by atoms with Crippen molar-refractivity contribution in [2.45, 2.75) is 6.54 Å². The maximum atomic E-state index is 9.00.